The summed E-state index contributed by atoms with van der Waals surface area (Å²) in [6, 6.07) is 22.1. The summed E-state index contributed by atoms with van der Waals surface area (Å²) in [4.78, 5) is 0. The molecule has 0 radical (unpaired) electrons. The van der Waals surface area contributed by atoms with Gasteiger partial charge in [-0.15, -0.1) is 0 Å². The van der Waals surface area contributed by atoms with Crippen LogP contribution in [0.15, 0.2) is 60.7 Å². The van der Waals surface area contributed by atoms with Gasteiger partial charge in [0.15, 0.2) is 0 Å². The molecule has 0 N–H and O–H groups in total. The number of fused-ring (bicyclic) bond motifs is 5. The average molecular weight is 559 g/mol. The van der Waals surface area contributed by atoms with Gasteiger partial charge in [0.2, 0.25) is 0 Å². The first-order valence-corrected chi connectivity index (χ1v) is 8.07. The SMILES string of the molecule is [C-]#[O+].[C-]#[O+].[C-]#[O+].[C-]#[O+].[C-]#[O+].[W].c1ccc2c(c1)[PH2+]c1ccc3ccccc3c1-2. The van der Waals surface area contributed by atoms with Crippen LogP contribution < -0.4 is 10.6 Å². The smallest absolute Gasteiger partial charge is 0.0616 e. The minimum Gasteiger partial charge on any atom is -0.0616 e. The Labute approximate surface area is 179 Å². The van der Waals surface area contributed by atoms with Gasteiger partial charge in [-0.1, -0.05) is 48.5 Å². The van der Waals surface area contributed by atoms with Crippen molar-refractivity contribution < 1.29 is 44.3 Å². The molecule has 0 aliphatic carbocycles. The Balaban J connectivity index is -0.000000503. The summed E-state index contributed by atoms with van der Waals surface area (Å²) in [6.07, 6.45) is 0. The van der Waals surface area contributed by atoms with Gasteiger partial charge >= 0.3 is 56.5 Å². The minimum atomic E-state index is 0. The predicted molar refractivity (Wildman–Crippen MR) is 98.0 cm³/mol. The summed E-state index contributed by atoms with van der Waals surface area (Å²) in [6.45, 7) is 22.5. The number of rotatable bonds is 0. The van der Waals surface area contributed by atoms with Gasteiger partial charge in [0.05, 0.1) is 8.58 Å². The maximum atomic E-state index is 7.50. The molecule has 136 valence electrons. The fourth-order valence-electron chi connectivity index (χ4n) is 2.73. The molecule has 1 unspecified atom stereocenters. The molecular weight excluding hydrogens is 547 g/mol. The van der Waals surface area contributed by atoms with Gasteiger partial charge in [0, 0.05) is 32.2 Å². The van der Waals surface area contributed by atoms with Crippen molar-refractivity contribution in [3.8, 4) is 11.1 Å². The van der Waals surface area contributed by atoms with Gasteiger partial charge in [-0.25, -0.2) is 0 Å². The summed E-state index contributed by atoms with van der Waals surface area (Å²) < 4.78 is 37.5. The largest absolute Gasteiger partial charge is 0.103 e. The van der Waals surface area contributed by atoms with Crippen molar-refractivity contribution in [3.05, 3.63) is 93.9 Å². The molecule has 3 aromatic carbocycles. The summed E-state index contributed by atoms with van der Waals surface area (Å²) in [7, 11) is 0.283. The predicted octanol–water partition coefficient (Wildman–Crippen LogP) is 2.99. The Morgan fingerprint density at radius 1 is 0.536 bits per heavy atom. The Hall–Kier alpha value is -2.26. The molecule has 0 saturated carbocycles. The molecule has 5 nitrogen and oxygen atoms in total. The van der Waals surface area contributed by atoms with Gasteiger partial charge in [0.25, 0.3) is 0 Å². The van der Waals surface area contributed by atoms with Crippen molar-refractivity contribution in [3.63, 3.8) is 0 Å². The van der Waals surface area contributed by atoms with E-state index in [1.807, 2.05) is 0 Å². The van der Waals surface area contributed by atoms with Crippen LogP contribution in [0.3, 0.4) is 0 Å². The van der Waals surface area contributed by atoms with Crippen molar-refractivity contribution in [1.29, 1.82) is 0 Å². The summed E-state index contributed by atoms with van der Waals surface area (Å²) in [5.74, 6) is 0. The van der Waals surface area contributed by atoms with E-state index < -0.39 is 0 Å². The molecule has 0 bridgehead atoms. The first-order valence-electron chi connectivity index (χ1n) is 6.91. The van der Waals surface area contributed by atoms with E-state index in [1.54, 1.807) is 10.6 Å². The second-order valence-corrected chi connectivity index (χ2v) is 6.02. The van der Waals surface area contributed by atoms with E-state index in [-0.39, 0.29) is 29.6 Å². The van der Waals surface area contributed by atoms with Crippen molar-refractivity contribution in [2.75, 3.05) is 0 Å². The van der Waals surface area contributed by atoms with Crippen molar-refractivity contribution in [2.45, 2.75) is 0 Å². The molecule has 1 aliphatic heterocycles. The Kier molecular flexibility index (Phi) is 21.2. The third kappa shape index (κ3) is 7.40. The second kappa shape index (κ2) is 19.5. The van der Waals surface area contributed by atoms with E-state index >= 15 is 0 Å². The van der Waals surface area contributed by atoms with Crippen molar-refractivity contribution in [1.82, 2.24) is 0 Å². The van der Waals surface area contributed by atoms with E-state index in [0.717, 1.165) is 0 Å². The number of hydrogen-bond acceptors (Lipinski definition) is 0. The molecule has 0 amide bonds. The van der Waals surface area contributed by atoms with Gasteiger partial charge < -0.3 is 0 Å². The molecule has 28 heavy (non-hydrogen) atoms. The molecule has 1 heterocycles. The normalized spacial score (nSPS) is 8.79. The first-order chi connectivity index (χ1) is 13.4. The quantitative estimate of drug-likeness (QED) is 0.180. The van der Waals surface area contributed by atoms with Gasteiger partial charge in [-0.3, -0.25) is 0 Å². The third-order valence-electron chi connectivity index (χ3n) is 3.50. The average Bonchev–Trinajstić information content (AvgIpc) is 3.20. The molecule has 4 rings (SSSR count). The summed E-state index contributed by atoms with van der Waals surface area (Å²) >= 11 is 0. The Bertz CT molecular complexity index is 923. The van der Waals surface area contributed by atoms with Crippen LogP contribution in [-0.2, 0) is 44.3 Å². The zero-order valence-corrected chi connectivity index (χ0v) is 18.4. The van der Waals surface area contributed by atoms with Crippen molar-refractivity contribution in [2.24, 2.45) is 0 Å². The van der Waals surface area contributed by atoms with E-state index in [4.69, 9.17) is 23.3 Å². The van der Waals surface area contributed by atoms with Gasteiger partial charge in [0.1, 0.15) is 10.6 Å². The molecular formula is C21H12O5PW+. The fraction of sp³-hybridized carbons (Fsp3) is 0. The van der Waals surface area contributed by atoms with Crippen LogP contribution in [0.5, 0.6) is 0 Å². The topological polar surface area (TPSA) is 99.5 Å². The summed E-state index contributed by atoms with van der Waals surface area (Å²) in [5, 5.41) is 5.84. The van der Waals surface area contributed by atoms with E-state index in [9.17, 15) is 0 Å². The molecule has 1 aliphatic rings. The van der Waals surface area contributed by atoms with Crippen LogP contribution in [0, 0.1) is 33.3 Å². The zero-order valence-electron chi connectivity index (χ0n) is 14.3. The van der Waals surface area contributed by atoms with Crippen LogP contribution in [0.1, 0.15) is 0 Å². The van der Waals surface area contributed by atoms with Crippen LogP contribution in [-0.4, -0.2) is 0 Å². The molecule has 3 aromatic rings. The van der Waals surface area contributed by atoms with E-state index in [2.05, 4.69) is 93.9 Å². The zero-order chi connectivity index (χ0) is 21.2. The maximum Gasteiger partial charge on any atom is 0.103 e. The molecule has 0 aromatic heterocycles. The van der Waals surface area contributed by atoms with Crippen LogP contribution >= 0.6 is 8.58 Å². The van der Waals surface area contributed by atoms with Crippen molar-refractivity contribution >= 4 is 30.0 Å². The molecule has 0 spiro atoms. The fourth-order valence-corrected chi connectivity index (χ4v) is 4.31. The van der Waals surface area contributed by atoms with Crippen LogP contribution in [0.2, 0.25) is 0 Å². The molecule has 1 atom stereocenters. The first kappa shape index (κ1) is 30.5. The third-order valence-corrected chi connectivity index (χ3v) is 5.11. The van der Waals surface area contributed by atoms with Crippen LogP contribution in [0.4, 0.5) is 0 Å². The minimum absolute atomic E-state index is 0. The second-order valence-electron chi connectivity index (χ2n) is 4.48. The molecule has 7 heteroatoms. The maximum absolute atomic E-state index is 7.50. The van der Waals surface area contributed by atoms with E-state index in [1.165, 1.54) is 21.9 Å². The Morgan fingerprint density at radius 2 is 1.04 bits per heavy atom. The van der Waals surface area contributed by atoms with Gasteiger partial charge in [-0.2, -0.15) is 0 Å². The summed E-state index contributed by atoms with van der Waals surface area (Å²) in [5.41, 5.74) is 2.93. The van der Waals surface area contributed by atoms with Gasteiger partial charge in [-0.05, 0) is 22.9 Å². The molecule has 0 fully saturated rings. The van der Waals surface area contributed by atoms with E-state index in [0.29, 0.717) is 0 Å². The Morgan fingerprint density at radius 3 is 1.64 bits per heavy atom. The monoisotopic (exact) mass is 559 g/mol. The number of benzene rings is 3. The molecule has 0 saturated heterocycles. The number of hydrogen-bond donors (Lipinski definition) is 0. The standard InChI is InChI=1S/C16H11P.5CO.W/c1-2-6-12-11(5-1)9-10-15-16(12)13-7-3-4-8-14(13)17-15;5*1-2;/h1-10,17H;;;;;;/p+1. The van der Waals surface area contributed by atoms with Crippen LogP contribution in [0.25, 0.3) is 21.9 Å².